The van der Waals surface area contributed by atoms with E-state index in [1.807, 2.05) is 0 Å². The molecule has 1 aliphatic rings. The first-order valence-corrected chi connectivity index (χ1v) is 7.67. The maximum atomic E-state index is 9.00. The van der Waals surface area contributed by atoms with Crippen molar-refractivity contribution in [2.75, 3.05) is 13.1 Å². The summed E-state index contributed by atoms with van der Waals surface area (Å²) in [6.45, 7) is 6.41. The van der Waals surface area contributed by atoms with E-state index in [1.54, 1.807) is 0 Å². The van der Waals surface area contributed by atoms with E-state index in [2.05, 4.69) is 21.9 Å². The molecule has 1 saturated heterocycles. The number of hydrogen-bond acceptors (Lipinski definition) is 8. The smallest absolute Gasteiger partial charge is 0.300 e. The highest BCUT2D eigenvalue weighted by atomic mass is 16.4. The van der Waals surface area contributed by atoms with E-state index in [0.717, 1.165) is 40.8 Å². The second-order valence-corrected chi connectivity index (χ2v) is 4.59. The lowest BCUT2D eigenvalue weighted by atomic mass is 10.2. The van der Waals surface area contributed by atoms with Gasteiger partial charge in [0.1, 0.15) is 0 Å². The van der Waals surface area contributed by atoms with Crippen LogP contribution in [0.3, 0.4) is 0 Å². The van der Waals surface area contributed by atoms with Gasteiger partial charge in [-0.05, 0) is 12.8 Å². The van der Waals surface area contributed by atoms with Crippen LogP contribution in [0, 0.1) is 0 Å². The molecule has 0 radical (unpaired) electrons. The van der Waals surface area contributed by atoms with Crippen LogP contribution in [0.2, 0.25) is 0 Å². The number of carbonyl (C=O) groups is 4. The number of rotatable bonds is 0. The number of carboxylic acid groups (broad SMARTS) is 4. The molecule has 1 heterocycles. The highest BCUT2D eigenvalue weighted by molar-refractivity contribution is 5.63. The third-order valence-corrected chi connectivity index (χ3v) is 1.59. The van der Waals surface area contributed by atoms with Crippen LogP contribution >= 0.6 is 0 Å². The molecule has 0 aromatic heterocycles. The van der Waals surface area contributed by atoms with Crippen LogP contribution in [0.5, 0.6) is 0 Å². The molecule has 1 aliphatic heterocycles. The molecule has 12 heteroatoms. The topological polar surface area (TPSA) is 197 Å². The molecule has 0 aliphatic carbocycles. The fourth-order valence-electron chi connectivity index (χ4n) is 0.994. The van der Waals surface area contributed by atoms with E-state index in [0.29, 0.717) is 0 Å². The molecule has 1 fully saturated rings. The third-order valence-electron chi connectivity index (χ3n) is 1.59. The van der Waals surface area contributed by atoms with Crippen molar-refractivity contribution in [3.63, 3.8) is 0 Å². The zero-order chi connectivity index (χ0) is 21.4. The molecule has 1 rings (SSSR count). The molecule has 0 bridgehead atoms. The first-order valence-electron chi connectivity index (χ1n) is 7.67. The van der Waals surface area contributed by atoms with Gasteiger partial charge in [0.2, 0.25) is 0 Å². The van der Waals surface area contributed by atoms with Crippen molar-refractivity contribution in [3.8, 4) is 0 Å². The molecule has 12 nitrogen and oxygen atoms in total. The van der Waals surface area contributed by atoms with Crippen LogP contribution in [0.25, 0.3) is 0 Å². The van der Waals surface area contributed by atoms with E-state index in [4.69, 9.17) is 39.6 Å². The van der Waals surface area contributed by atoms with E-state index in [-0.39, 0.29) is 0 Å². The lowest BCUT2D eigenvalue weighted by Crippen LogP contribution is -2.51. The summed E-state index contributed by atoms with van der Waals surface area (Å²) in [4.78, 5) is 36.0. The Morgan fingerprint density at radius 2 is 0.731 bits per heavy atom. The number of nitrogens with one attached hydrogen (secondary N) is 4. The van der Waals surface area contributed by atoms with E-state index >= 15 is 0 Å². The minimum absolute atomic E-state index is 0.833. The van der Waals surface area contributed by atoms with Crippen molar-refractivity contribution in [1.29, 1.82) is 0 Å². The summed E-state index contributed by atoms with van der Waals surface area (Å²) in [5.74, 6) is -3.33. The van der Waals surface area contributed by atoms with Crippen molar-refractivity contribution >= 4 is 23.9 Å². The molecule has 0 unspecified atom stereocenters. The Labute approximate surface area is 152 Å². The first-order chi connectivity index (χ1) is 11.9. The zero-order valence-corrected chi connectivity index (χ0v) is 15.7. The Morgan fingerprint density at radius 3 is 0.923 bits per heavy atom. The number of hydrazine groups is 3. The molecule has 26 heavy (non-hydrogen) atoms. The van der Waals surface area contributed by atoms with Gasteiger partial charge in [-0.3, -0.25) is 19.2 Å². The predicted molar refractivity (Wildman–Crippen MR) is 94.0 cm³/mol. The van der Waals surface area contributed by atoms with Crippen molar-refractivity contribution in [2.45, 2.75) is 53.4 Å². The number of aliphatic carboxylic acids is 4. The summed E-state index contributed by atoms with van der Waals surface area (Å²) in [5.41, 5.74) is 11.8. The Bertz CT molecular complexity index is 270. The van der Waals surface area contributed by atoms with Gasteiger partial charge in [0.15, 0.2) is 0 Å². The molecule has 0 saturated carbocycles. The average molecular weight is 384 g/mol. The van der Waals surface area contributed by atoms with Gasteiger partial charge < -0.3 is 20.4 Å². The second-order valence-electron chi connectivity index (χ2n) is 4.59. The monoisotopic (exact) mass is 384 g/mol. The van der Waals surface area contributed by atoms with E-state index < -0.39 is 23.9 Å². The van der Waals surface area contributed by atoms with Gasteiger partial charge in [-0.15, -0.1) is 0 Å². The molecule has 156 valence electrons. The van der Waals surface area contributed by atoms with Gasteiger partial charge in [0.25, 0.3) is 23.9 Å². The highest BCUT2D eigenvalue weighted by Gasteiger charge is 1.92. The van der Waals surface area contributed by atoms with Gasteiger partial charge in [-0.2, -0.15) is 11.1 Å². The minimum Gasteiger partial charge on any atom is -0.481 e. The first kappa shape index (κ1) is 31.5. The molecular weight excluding hydrogens is 352 g/mol. The standard InChI is InChI=1S/C6H16N4.4C2H4O2/c1-2-4-6-8-10-9-7-5-3-1;4*1-2(3)4/h7-10H,1-6H2;4*1H3,(H,3,4). The second kappa shape index (κ2) is 27.6. The van der Waals surface area contributed by atoms with Gasteiger partial charge in [-0.25, -0.2) is 10.9 Å². The Hall–Kier alpha value is -2.28. The Morgan fingerprint density at radius 1 is 0.538 bits per heavy atom. The summed E-state index contributed by atoms with van der Waals surface area (Å²) in [7, 11) is 0. The maximum Gasteiger partial charge on any atom is 0.300 e. The van der Waals surface area contributed by atoms with Crippen molar-refractivity contribution in [3.05, 3.63) is 0 Å². The summed E-state index contributed by atoms with van der Waals surface area (Å²) in [5, 5.41) is 29.7. The van der Waals surface area contributed by atoms with E-state index in [1.165, 1.54) is 25.7 Å². The molecule has 8 N–H and O–H groups in total. The quantitative estimate of drug-likeness (QED) is 0.279. The van der Waals surface area contributed by atoms with Crippen LogP contribution in [0.4, 0.5) is 0 Å². The summed E-state index contributed by atoms with van der Waals surface area (Å²) in [6.07, 6.45) is 5.18. The zero-order valence-electron chi connectivity index (χ0n) is 15.7. The summed E-state index contributed by atoms with van der Waals surface area (Å²) < 4.78 is 0. The fraction of sp³-hybridized carbons (Fsp3) is 0.714. The molecule has 0 spiro atoms. The van der Waals surface area contributed by atoms with Crippen LogP contribution < -0.4 is 21.9 Å². The number of hydrogen-bond donors (Lipinski definition) is 8. The lowest BCUT2D eigenvalue weighted by Gasteiger charge is -2.11. The lowest BCUT2D eigenvalue weighted by molar-refractivity contribution is -0.135. The van der Waals surface area contributed by atoms with E-state index in [9.17, 15) is 0 Å². The van der Waals surface area contributed by atoms with Crippen LogP contribution in [0.1, 0.15) is 53.4 Å². The van der Waals surface area contributed by atoms with Gasteiger partial charge in [0.05, 0.1) is 0 Å². The van der Waals surface area contributed by atoms with Crippen LogP contribution in [0.15, 0.2) is 0 Å². The van der Waals surface area contributed by atoms with Crippen LogP contribution in [-0.2, 0) is 19.2 Å². The fourth-order valence-corrected chi connectivity index (χ4v) is 0.994. The normalized spacial score (nSPS) is 13.1. The largest absolute Gasteiger partial charge is 0.481 e. The highest BCUT2D eigenvalue weighted by Crippen LogP contribution is 1.97. The average Bonchev–Trinajstić information content (AvgIpc) is 2.43. The van der Waals surface area contributed by atoms with Gasteiger partial charge in [-0.1, -0.05) is 12.8 Å². The summed E-state index contributed by atoms with van der Waals surface area (Å²) in [6, 6.07) is 0. The molecule has 0 aromatic rings. The Balaban J connectivity index is -0.000000129. The SMILES string of the molecule is C1CCCNNNNCC1.CC(=O)O.CC(=O)O.CC(=O)O.CC(=O)O. The van der Waals surface area contributed by atoms with Crippen LogP contribution in [-0.4, -0.2) is 57.4 Å². The van der Waals surface area contributed by atoms with Gasteiger partial charge in [0, 0.05) is 40.8 Å². The minimum atomic E-state index is -0.833. The molecule has 0 aromatic carbocycles. The summed E-state index contributed by atoms with van der Waals surface area (Å²) >= 11 is 0. The molecule has 0 atom stereocenters. The predicted octanol–water partition coefficient (Wildman–Crippen LogP) is 0.0274. The van der Waals surface area contributed by atoms with Crippen molar-refractivity contribution in [1.82, 2.24) is 21.9 Å². The van der Waals surface area contributed by atoms with Gasteiger partial charge >= 0.3 is 0 Å². The third kappa shape index (κ3) is 156. The molecular formula is C14H32N4O8. The number of carboxylic acids is 4. The maximum absolute atomic E-state index is 9.00. The molecule has 0 amide bonds. The van der Waals surface area contributed by atoms with Crippen molar-refractivity contribution < 1.29 is 39.6 Å². The Kier molecular flexibility index (Phi) is 33.4. The van der Waals surface area contributed by atoms with Crippen molar-refractivity contribution in [2.24, 2.45) is 0 Å².